The zero-order chi connectivity index (χ0) is 16.1. The quantitative estimate of drug-likeness (QED) is 0.609. The molecule has 1 N–H and O–H groups in total. The van der Waals surface area contributed by atoms with E-state index < -0.39 is 0 Å². The average Bonchev–Trinajstić information content (AvgIpc) is 3.08. The topological polar surface area (TPSA) is 77.2 Å². The lowest BCUT2D eigenvalue weighted by atomic mass is 10.2. The average molecular weight is 341 g/mol. The molecule has 0 aliphatic heterocycles. The van der Waals surface area contributed by atoms with Gasteiger partial charge in [0.1, 0.15) is 17.1 Å². The van der Waals surface area contributed by atoms with Crippen molar-refractivity contribution in [1.29, 1.82) is 0 Å². The van der Waals surface area contributed by atoms with Gasteiger partial charge >= 0.3 is 5.97 Å². The van der Waals surface area contributed by atoms with Gasteiger partial charge in [0, 0.05) is 6.54 Å². The highest BCUT2D eigenvalue weighted by atomic mass is 32.2. The lowest BCUT2D eigenvalue weighted by Crippen LogP contribution is -2.07. The zero-order valence-electron chi connectivity index (χ0n) is 13.0. The van der Waals surface area contributed by atoms with Crippen molar-refractivity contribution >= 4 is 34.2 Å². The third-order valence-corrected chi connectivity index (χ3v) is 4.82. The number of furan rings is 1. The van der Waals surface area contributed by atoms with E-state index in [-0.39, 0.29) is 5.97 Å². The van der Waals surface area contributed by atoms with Gasteiger partial charge in [-0.05, 0) is 18.9 Å². The molecule has 0 aromatic carbocycles. The Morgan fingerprint density at radius 3 is 2.95 bits per heavy atom. The molecule has 0 bridgehead atoms. The van der Waals surface area contributed by atoms with E-state index >= 15 is 0 Å². The summed E-state index contributed by atoms with van der Waals surface area (Å²) in [7, 11) is 1.36. The van der Waals surface area contributed by atoms with E-state index in [4.69, 9.17) is 9.15 Å². The largest absolute Gasteiger partial charge is 0.465 e. The maximum absolute atomic E-state index is 11.5. The Labute approximate surface area is 137 Å². The summed E-state index contributed by atoms with van der Waals surface area (Å²) in [6.45, 7) is 6.90. The molecule has 0 fully saturated rings. The minimum Gasteiger partial charge on any atom is -0.465 e. The predicted octanol–water partition coefficient (Wildman–Crippen LogP) is 3.59. The van der Waals surface area contributed by atoms with Crippen molar-refractivity contribution in [2.75, 3.05) is 19.0 Å². The Morgan fingerprint density at radius 1 is 1.50 bits per heavy atom. The van der Waals surface area contributed by atoms with Crippen molar-refractivity contribution in [3.63, 3.8) is 0 Å². The molecule has 6 nitrogen and oxygen atoms in total. The third-order valence-electron chi connectivity index (χ3n) is 2.78. The van der Waals surface area contributed by atoms with Gasteiger partial charge in [0.15, 0.2) is 4.34 Å². The fourth-order valence-corrected chi connectivity index (χ4v) is 3.33. The molecular formula is C14H19N3O3S2. The number of carbonyl (C=O) groups is 1. The van der Waals surface area contributed by atoms with E-state index in [1.807, 2.05) is 0 Å². The number of rotatable bonds is 7. The lowest BCUT2D eigenvalue weighted by Gasteiger charge is -2.03. The number of methoxy groups -OCH3 is 1. The summed E-state index contributed by atoms with van der Waals surface area (Å²) in [6, 6.07) is 1.72. The Balaban J connectivity index is 1.92. The molecule has 0 amide bonds. The third kappa shape index (κ3) is 4.48. The Hall–Kier alpha value is -1.54. The van der Waals surface area contributed by atoms with Gasteiger partial charge in [-0.1, -0.05) is 36.9 Å². The summed E-state index contributed by atoms with van der Waals surface area (Å²) in [4.78, 5) is 11.5. The van der Waals surface area contributed by atoms with Crippen LogP contribution in [0.15, 0.2) is 14.8 Å². The molecular weight excluding hydrogens is 322 g/mol. The highest BCUT2D eigenvalue weighted by Crippen LogP contribution is 2.29. The number of aromatic nitrogens is 2. The van der Waals surface area contributed by atoms with Crippen LogP contribution in [0.5, 0.6) is 0 Å². The van der Waals surface area contributed by atoms with Gasteiger partial charge in [-0.25, -0.2) is 4.79 Å². The summed E-state index contributed by atoms with van der Waals surface area (Å²) in [5.41, 5.74) is 0.467. The van der Waals surface area contributed by atoms with Crippen molar-refractivity contribution in [2.24, 2.45) is 5.92 Å². The number of ether oxygens (including phenoxy) is 1. The molecule has 2 aromatic heterocycles. The molecule has 2 aromatic rings. The molecule has 2 rings (SSSR count). The molecule has 0 spiro atoms. The number of esters is 1. The Kier molecular flexibility index (Phi) is 5.84. The first kappa shape index (κ1) is 16.8. The second-order valence-electron chi connectivity index (χ2n) is 5.11. The molecule has 0 saturated heterocycles. The molecule has 0 radical (unpaired) electrons. The number of carbonyl (C=O) groups excluding carboxylic acids is 1. The highest BCUT2D eigenvalue weighted by molar-refractivity contribution is 8.00. The van der Waals surface area contributed by atoms with E-state index in [0.717, 1.165) is 21.8 Å². The number of thioether (sulfide) groups is 1. The molecule has 0 atom stereocenters. The van der Waals surface area contributed by atoms with E-state index in [1.54, 1.807) is 13.0 Å². The summed E-state index contributed by atoms with van der Waals surface area (Å²) in [6.07, 6.45) is 0. The van der Waals surface area contributed by atoms with Crippen molar-refractivity contribution in [3.05, 3.63) is 23.2 Å². The Morgan fingerprint density at radius 2 is 2.27 bits per heavy atom. The summed E-state index contributed by atoms with van der Waals surface area (Å²) >= 11 is 3.04. The smallest absolute Gasteiger partial charge is 0.341 e. The van der Waals surface area contributed by atoms with Gasteiger partial charge < -0.3 is 14.5 Å². The molecule has 0 saturated carbocycles. The standard InChI is InChI=1S/C14H19N3O3S2/c1-8(2)6-15-13-16-17-14(22-13)21-7-10-5-11(9(3)20-10)12(18)19-4/h5,8H,6-7H2,1-4H3,(H,15,16). The van der Waals surface area contributed by atoms with Gasteiger partial charge in [0.05, 0.1) is 12.9 Å². The van der Waals surface area contributed by atoms with Crippen LogP contribution >= 0.6 is 23.1 Å². The van der Waals surface area contributed by atoms with Crippen molar-refractivity contribution in [2.45, 2.75) is 30.9 Å². The molecule has 2 heterocycles. The van der Waals surface area contributed by atoms with Crippen LogP contribution in [0.25, 0.3) is 0 Å². The second-order valence-corrected chi connectivity index (χ2v) is 7.31. The second kappa shape index (κ2) is 7.64. The molecule has 120 valence electrons. The number of hydrogen-bond acceptors (Lipinski definition) is 8. The Bertz CT molecular complexity index is 637. The summed E-state index contributed by atoms with van der Waals surface area (Å²) < 4.78 is 11.1. The maximum Gasteiger partial charge on any atom is 0.341 e. The number of anilines is 1. The minimum atomic E-state index is -0.381. The molecule has 0 aliphatic rings. The normalized spacial score (nSPS) is 11.0. The maximum atomic E-state index is 11.5. The molecule has 8 heteroatoms. The van der Waals surface area contributed by atoms with Crippen molar-refractivity contribution < 1.29 is 13.9 Å². The fraction of sp³-hybridized carbons (Fsp3) is 0.500. The van der Waals surface area contributed by atoms with Crippen molar-refractivity contribution in [1.82, 2.24) is 10.2 Å². The highest BCUT2D eigenvalue weighted by Gasteiger charge is 2.16. The number of nitrogens with one attached hydrogen (secondary N) is 1. The van der Waals surface area contributed by atoms with Crippen LogP contribution in [-0.4, -0.2) is 29.8 Å². The van der Waals surface area contributed by atoms with Crippen LogP contribution in [0.1, 0.15) is 35.7 Å². The summed E-state index contributed by atoms with van der Waals surface area (Å²) in [5.74, 6) is 2.06. The number of nitrogens with zero attached hydrogens (tertiary/aromatic N) is 2. The molecule has 0 aliphatic carbocycles. The molecule has 0 unspecified atom stereocenters. The number of aryl methyl sites for hydroxylation is 1. The number of hydrogen-bond donors (Lipinski definition) is 1. The van der Waals surface area contributed by atoms with Gasteiger partial charge in [-0.15, -0.1) is 10.2 Å². The van der Waals surface area contributed by atoms with Gasteiger partial charge in [-0.3, -0.25) is 0 Å². The van der Waals surface area contributed by atoms with Crippen LogP contribution in [0.3, 0.4) is 0 Å². The van der Waals surface area contributed by atoms with Crippen molar-refractivity contribution in [3.8, 4) is 0 Å². The first-order chi connectivity index (χ1) is 10.5. The van der Waals surface area contributed by atoms with E-state index in [1.165, 1.54) is 30.2 Å². The van der Waals surface area contributed by atoms with Crippen LogP contribution in [0, 0.1) is 12.8 Å². The minimum absolute atomic E-state index is 0.381. The van der Waals surface area contributed by atoms with E-state index in [0.29, 0.717) is 23.0 Å². The van der Waals surface area contributed by atoms with Crippen LogP contribution in [-0.2, 0) is 10.5 Å². The van der Waals surface area contributed by atoms with Gasteiger partial charge in [0.25, 0.3) is 0 Å². The van der Waals surface area contributed by atoms with Crippen LogP contribution in [0.4, 0.5) is 5.13 Å². The summed E-state index contributed by atoms with van der Waals surface area (Å²) in [5, 5.41) is 12.3. The monoisotopic (exact) mass is 341 g/mol. The first-order valence-corrected chi connectivity index (χ1v) is 8.67. The first-order valence-electron chi connectivity index (χ1n) is 6.87. The van der Waals surface area contributed by atoms with Gasteiger partial charge in [0.2, 0.25) is 5.13 Å². The lowest BCUT2D eigenvalue weighted by molar-refractivity contribution is 0.0599. The van der Waals surface area contributed by atoms with Crippen LogP contribution in [0.2, 0.25) is 0 Å². The van der Waals surface area contributed by atoms with Gasteiger partial charge in [-0.2, -0.15) is 0 Å². The van der Waals surface area contributed by atoms with Crippen LogP contribution < -0.4 is 5.32 Å². The van der Waals surface area contributed by atoms with E-state index in [9.17, 15) is 4.79 Å². The predicted molar refractivity (Wildman–Crippen MR) is 87.6 cm³/mol. The fourth-order valence-electron chi connectivity index (χ4n) is 1.69. The zero-order valence-corrected chi connectivity index (χ0v) is 14.6. The van der Waals surface area contributed by atoms with E-state index in [2.05, 4.69) is 29.4 Å². The molecule has 22 heavy (non-hydrogen) atoms. The SMILES string of the molecule is COC(=O)c1cc(CSc2nnc(NCC(C)C)s2)oc1C.